The third kappa shape index (κ3) is 3.87. The fraction of sp³-hybridized carbons (Fsp3) is 0.350. The van der Waals surface area contributed by atoms with Crippen molar-refractivity contribution in [2.45, 2.75) is 39.7 Å². The zero-order valence-electron chi connectivity index (χ0n) is 15.0. The maximum absolute atomic E-state index is 12.7. The number of aromatic nitrogens is 3. The SMILES string of the molecule is CCCN(c1cc(C(=O)Cc2ccc3[nH]ccc3c2)ncn1)C(C)C. The number of ketones is 1. The van der Waals surface area contributed by atoms with Crippen LogP contribution in [0.4, 0.5) is 5.82 Å². The molecule has 0 amide bonds. The Labute approximate surface area is 148 Å². The van der Waals surface area contributed by atoms with E-state index in [0.717, 1.165) is 35.2 Å². The predicted octanol–water partition coefficient (Wildman–Crippen LogP) is 4.01. The summed E-state index contributed by atoms with van der Waals surface area (Å²) in [4.78, 5) is 26.6. The van der Waals surface area contributed by atoms with Crippen LogP contribution in [0.15, 0.2) is 42.9 Å². The summed E-state index contributed by atoms with van der Waals surface area (Å²) >= 11 is 0. The average molecular weight is 336 g/mol. The van der Waals surface area contributed by atoms with Gasteiger partial charge in [0.1, 0.15) is 17.8 Å². The van der Waals surface area contributed by atoms with Gasteiger partial charge in [0.15, 0.2) is 5.78 Å². The van der Waals surface area contributed by atoms with E-state index in [-0.39, 0.29) is 5.78 Å². The Kier molecular flexibility index (Phi) is 5.12. The normalized spacial score (nSPS) is 11.2. The molecule has 0 bridgehead atoms. The van der Waals surface area contributed by atoms with Crippen LogP contribution in [-0.4, -0.2) is 33.3 Å². The summed E-state index contributed by atoms with van der Waals surface area (Å²) in [5, 5.41) is 1.11. The number of rotatable bonds is 7. The van der Waals surface area contributed by atoms with E-state index in [1.165, 1.54) is 6.33 Å². The van der Waals surface area contributed by atoms with Crippen molar-refractivity contribution in [2.24, 2.45) is 0 Å². The second kappa shape index (κ2) is 7.47. The second-order valence-electron chi connectivity index (χ2n) is 6.55. The van der Waals surface area contributed by atoms with Gasteiger partial charge in [-0.05, 0) is 49.4 Å². The van der Waals surface area contributed by atoms with E-state index >= 15 is 0 Å². The molecule has 0 radical (unpaired) electrons. The fourth-order valence-corrected chi connectivity index (χ4v) is 3.02. The van der Waals surface area contributed by atoms with Gasteiger partial charge in [0.2, 0.25) is 0 Å². The molecule has 1 aromatic carbocycles. The summed E-state index contributed by atoms with van der Waals surface area (Å²) in [7, 11) is 0. The number of H-pyrrole nitrogens is 1. The third-order valence-corrected chi connectivity index (χ3v) is 4.30. The Morgan fingerprint density at radius 3 is 2.80 bits per heavy atom. The summed E-state index contributed by atoms with van der Waals surface area (Å²) in [6, 6.07) is 10.2. The summed E-state index contributed by atoms with van der Waals surface area (Å²) in [6.07, 6.45) is 4.76. The molecule has 0 unspecified atom stereocenters. The number of carbonyl (C=O) groups is 1. The van der Waals surface area contributed by atoms with Crippen molar-refractivity contribution in [2.75, 3.05) is 11.4 Å². The first-order chi connectivity index (χ1) is 12.1. The number of benzene rings is 1. The minimum atomic E-state index is 0.0127. The number of nitrogens with one attached hydrogen (secondary N) is 1. The van der Waals surface area contributed by atoms with E-state index in [1.807, 2.05) is 36.5 Å². The minimum absolute atomic E-state index is 0.0127. The summed E-state index contributed by atoms with van der Waals surface area (Å²) in [5.41, 5.74) is 2.54. The van der Waals surface area contributed by atoms with Crippen LogP contribution in [0.25, 0.3) is 10.9 Å². The highest BCUT2D eigenvalue weighted by Crippen LogP contribution is 2.18. The Hall–Kier alpha value is -2.69. The van der Waals surface area contributed by atoms with Gasteiger partial charge in [0, 0.05) is 36.8 Å². The molecule has 0 saturated heterocycles. The first-order valence-electron chi connectivity index (χ1n) is 8.76. The first kappa shape index (κ1) is 17.1. The van der Waals surface area contributed by atoms with Crippen molar-refractivity contribution in [1.82, 2.24) is 15.0 Å². The molecule has 3 rings (SSSR count). The van der Waals surface area contributed by atoms with Crippen molar-refractivity contribution in [1.29, 1.82) is 0 Å². The lowest BCUT2D eigenvalue weighted by atomic mass is 10.0. The number of fused-ring (bicyclic) bond motifs is 1. The molecule has 0 saturated carbocycles. The fourth-order valence-electron chi connectivity index (χ4n) is 3.02. The van der Waals surface area contributed by atoms with Gasteiger partial charge in [-0.3, -0.25) is 4.79 Å². The van der Waals surface area contributed by atoms with Gasteiger partial charge in [-0.15, -0.1) is 0 Å². The van der Waals surface area contributed by atoms with E-state index in [2.05, 4.69) is 40.6 Å². The number of nitrogens with zero attached hydrogens (tertiary/aromatic N) is 3. The van der Waals surface area contributed by atoms with Crippen LogP contribution < -0.4 is 4.90 Å². The molecule has 0 aliphatic heterocycles. The second-order valence-corrected chi connectivity index (χ2v) is 6.55. The Morgan fingerprint density at radius 2 is 2.04 bits per heavy atom. The van der Waals surface area contributed by atoms with Gasteiger partial charge >= 0.3 is 0 Å². The van der Waals surface area contributed by atoms with Crippen molar-refractivity contribution in [3.63, 3.8) is 0 Å². The van der Waals surface area contributed by atoms with Crippen molar-refractivity contribution < 1.29 is 4.79 Å². The number of hydrogen-bond donors (Lipinski definition) is 1. The molecule has 5 nitrogen and oxygen atoms in total. The highest BCUT2D eigenvalue weighted by molar-refractivity contribution is 5.96. The molecule has 2 aromatic heterocycles. The molecule has 25 heavy (non-hydrogen) atoms. The number of anilines is 1. The lowest BCUT2D eigenvalue weighted by molar-refractivity contribution is 0.0988. The van der Waals surface area contributed by atoms with Gasteiger partial charge < -0.3 is 9.88 Å². The largest absolute Gasteiger partial charge is 0.361 e. The van der Waals surface area contributed by atoms with Gasteiger partial charge in [0.25, 0.3) is 0 Å². The zero-order chi connectivity index (χ0) is 17.8. The molecule has 0 aliphatic rings. The number of aromatic amines is 1. The van der Waals surface area contributed by atoms with Crippen molar-refractivity contribution in [3.8, 4) is 0 Å². The molecule has 0 atom stereocenters. The molecule has 3 aromatic rings. The van der Waals surface area contributed by atoms with Gasteiger partial charge in [-0.1, -0.05) is 13.0 Å². The average Bonchev–Trinajstić information content (AvgIpc) is 3.07. The quantitative estimate of drug-likeness (QED) is 0.662. The van der Waals surface area contributed by atoms with E-state index < -0.39 is 0 Å². The van der Waals surface area contributed by atoms with Crippen molar-refractivity contribution in [3.05, 3.63) is 54.1 Å². The van der Waals surface area contributed by atoms with Crippen LogP contribution in [0.5, 0.6) is 0 Å². The molecule has 0 spiro atoms. The predicted molar refractivity (Wildman–Crippen MR) is 101 cm³/mol. The molecule has 1 N–H and O–H groups in total. The summed E-state index contributed by atoms with van der Waals surface area (Å²) in [5.74, 6) is 0.829. The molecule has 0 aliphatic carbocycles. The molecule has 5 heteroatoms. The van der Waals surface area contributed by atoms with E-state index in [4.69, 9.17) is 0 Å². The summed E-state index contributed by atoms with van der Waals surface area (Å²) in [6.45, 7) is 7.31. The first-order valence-corrected chi connectivity index (χ1v) is 8.76. The smallest absolute Gasteiger partial charge is 0.185 e. The standard InChI is InChI=1S/C20H24N4O/c1-4-9-24(14(2)3)20-12-18(22-13-23-20)19(25)11-15-5-6-17-16(10-15)7-8-21-17/h5-8,10,12-14,21H,4,9,11H2,1-3H3. The number of Topliss-reactive ketones (excluding diaryl/α,β-unsaturated/α-hetero) is 1. The van der Waals surface area contributed by atoms with E-state index in [0.29, 0.717) is 18.2 Å². The highest BCUT2D eigenvalue weighted by atomic mass is 16.1. The lowest BCUT2D eigenvalue weighted by Crippen LogP contribution is -2.32. The zero-order valence-corrected chi connectivity index (χ0v) is 15.0. The minimum Gasteiger partial charge on any atom is -0.361 e. The molecular weight excluding hydrogens is 312 g/mol. The number of hydrogen-bond acceptors (Lipinski definition) is 4. The van der Waals surface area contributed by atoms with Gasteiger partial charge in [-0.25, -0.2) is 9.97 Å². The third-order valence-electron chi connectivity index (χ3n) is 4.30. The van der Waals surface area contributed by atoms with E-state index in [9.17, 15) is 4.79 Å². The topological polar surface area (TPSA) is 61.9 Å². The Balaban J connectivity index is 1.80. The molecule has 130 valence electrons. The summed E-state index contributed by atoms with van der Waals surface area (Å²) < 4.78 is 0. The van der Waals surface area contributed by atoms with Crippen LogP contribution in [0.1, 0.15) is 43.2 Å². The van der Waals surface area contributed by atoms with Crippen molar-refractivity contribution >= 4 is 22.5 Å². The molecular formula is C20H24N4O. The Bertz CT molecular complexity index is 869. The van der Waals surface area contributed by atoms with Gasteiger partial charge in [0.05, 0.1) is 0 Å². The lowest BCUT2D eigenvalue weighted by Gasteiger charge is -2.27. The van der Waals surface area contributed by atoms with Crippen LogP contribution in [0, 0.1) is 0 Å². The van der Waals surface area contributed by atoms with Crippen LogP contribution in [-0.2, 0) is 6.42 Å². The highest BCUT2D eigenvalue weighted by Gasteiger charge is 2.15. The number of carbonyl (C=O) groups excluding carboxylic acids is 1. The maximum atomic E-state index is 12.7. The molecule has 2 heterocycles. The van der Waals surface area contributed by atoms with Gasteiger partial charge in [-0.2, -0.15) is 0 Å². The van der Waals surface area contributed by atoms with Crippen LogP contribution >= 0.6 is 0 Å². The monoisotopic (exact) mass is 336 g/mol. The molecule has 0 fully saturated rings. The Morgan fingerprint density at radius 1 is 1.20 bits per heavy atom. The van der Waals surface area contributed by atoms with E-state index in [1.54, 1.807) is 0 Å². The maximum Gasteiger partial charge on any atom is 0.185 e. The van der Waals surface area contributed by atoms with Crippen LogP contribution in [0.3, 0.4) is 0 Å². The van der Waals surface area contributed by atoms with Crippen LogP contribution in [0.2, 0.25) is 0 Å².